The molecule has 0 radical (unpaired) electrons. The molecule has 0 aromatic rings. The predicted octanol–water partition coefficient (Wildman–Crippen LogP) is 2.03. The number of hydrogen-bond donors (Lipinski definition) is 1. The van der Waals surface area contributed by atoms with Crippen molar-refractivity contribution in [3.63, 3.8) is 0 Å². The largest absolute Gasteiger partial charge is 0.459 e. The topological polar surface area (TPSA) is 53.0 Å². The van der Waals surface area contributed by atoms with Crippen molar-refractivity contribution >= 4 is 5.97 Å². The number of likely N-dealkylation sites (tertiary alicyclic amines) is 1. The molecule has 1 aliphatic heterocycles. The fraction of sp³-hybridized carbons (Fsp3) is 0.944. The Morgan fingerprint density at radius 1 is 1.17 bits per heavy atom. The van der Waals surface area contributed by atoms with Gasteiger partial charge in [-0.05, 0) is 53.5 Å². The van der Waals surface area contributed by atoms with Crippen molar-refractivity contribution in [1.29, 1.82) is 0 Å². The van der Waals surface area contributed by atoms with E-state index >= 15 is 0 Å². The van der Waals surface area contributed by atoms with Crippen LogP contribution in [0.1, 0.15) is 59.3 Å². The van der Waals surface area contributed by atoms with Gasteiger partial charge in [0.2, 0.25) is 0 Å². The molecule has 0 aromatic carbocycles. The van der Waals surface area contributed by atoms with E-state index in [0.717, 1.165) is 45.2 Å². The summed E-state index contributed by atoms with van der Waals surface area (Å²) in [4.78, 5) is 16.5. The Hall–Kier alpha value is -0.650. The van der Waals surface area contributed by atoms with Crippen LogP contribution < -0.4 is 0 Å². The van der Waals surface area contributed by atoms with Gasteiger partial charge in [-0.2, -0.15) is 0 Å². The monoisotopic (exact) mass is 326 g/mol. The lowest BCUT2D eigenvalue weighted by molar-refractivity contribution is -0.156. The quantitative estimate of drug-likeness (QED) is 0.801. The van der Waals surface area contributed by atoms with Crippen LogP contribution in [0.15, 0.2) is 0 Å². The molecule has 0 aromatic heterocycles. The van der Waals surface area contributed by atoms with Crippen LogP contribution >= 0.6 is 0 Å². The Balaban J connectivity index is 1.76. The van der Waals surface area contributed by atoms with Crippen molar-refractivity contribution in [2.45, 2.75) is 83.1 Å². The van der Waals surface area contributed by atoms with Crippen LogP contribution in [0.5, 0.6) is 0 Å². The van der Waals surface area contributed by atoms with Crippen molar-refractivity contribution in [2.24, 2.45) is 0 Å². The molecule has 1 N–H and O–H groups in total. The molecule has 1 aliphatic carbocycles. The molecule has 23 heavy (non-hydrogen) atoms. The number of carbonyl (C=O) groups is 1. The molecule has 2 fully saturated rings. The third-order valence-corrected chi connectivity index (χ3v) is 5.08. The summed E-state index contributed by atoms with van der Waals surface area (Å²) in [5, 5.41) is 10.2. The zero-order chi connectivity index (χ0) is 17.0. The van der Waals surface area contributed by atoms with Crippen molar-refractivity contribution < 1.29 is 14.6 Å². The lowest BCUT2D eigenvalue weighted by atomic mass is 9.89. The highest BCUT2D eigenvalue weighted by Crippen LogP contribution is 2.26. The normalized spacial score (nSPS) is 28.1. The zero-order valence-corrected chi connectivity index (χ0v) is 15.3. The average Bonchev–Trinajstić information content (AvgIpc) is 2.46. The standard InChI is InChI=1S/C18H34N2O3/c1-18(2,3)23-17(22)13-19(4)14-9-11-20(12-10-14)15-7-5-6-8-16(15)21/h14-16,21H,5-13H2,1-4H3/t15-,16+/m1/s1. The van der Waals surface area contributed by atoms with Gasteiger partial charge in [-0.1, -0.05) is 12.8 Å². The minimum atomic E-state index is -0.418. The van der Waals surface area contributed by atoms with E-state index in [4.69, 9.17) is 4.74 Å². The summed E-state index contributed by atoms with van der Waals surface area (Å²) in [6.07, 6.45) is 6.43. The fourth-order valence-corrected chi connectivity index (χ4v) is 3.88. The summed E-state index contributed by atoms with van der Waals surface area (Å²) in [6.45, 7) is 8.10. The second-order valence-electron chi connectivity index (χ2n) is 8.19. The van der Waals surface area contributed by atoms with Crippen LogP contribution in [-0.4, -0.2) is 71.3 Å². The highest BCUT2D eigenvalue weighted by molar-refractivity contribution is 5.72. The van der Waals surface area contributed by atoms with E-state index in [2.05, 4.69) is 9.80 Å². The van der Waals surface area contributed by atoms with Gasteiger partial charge in [-0.15, -0.1) is 0 Å². The Bertz CT molecular complexity index is 386. The maximum absolute atomic E-state index is 12.0. The first-order valence-corrected chi connectivity index (χ1v) is 9.10. The Kier molecular flexibility index (Phi) is 6.46. The second-order valence-corrected chi connectivity index (χ2v) is 8.19. The lowest BCUT2D eigenvalue weighted by Gasteiger charge is -2.43. The summed E-state index contributed by atoms with van der Waals surface area (Å²) in [5.41, 5.74) is -0.418. The summed E-state index contributed by atoms with van der Waals surface area (Å²) in [7, 11) is 2.01. The third-order valence-electron chi connectivity index (χ3n) is 5.08. The smallest absolute Gasteiger partial charge is 0.320 e. The summed E-state index contributed by atoms with van der Waals surface area (Å²) < 4.78 is 5.41. The van der Waals surface area contributed by atoms with E-state index in [1.165, 1.54) is 6.42 Å². The van der Waals surface area contributed by atoms with Gasteiger partial charge >= 0.3 is 5.97 Å². The van der Waals surface area contributed by atoms with Crippen LogP contribution in [-0.2, 0) is 9.53 Å². The van der Waals surface area contributed by atoms with Gasteiger partial charge in [0, 0.05) is 25.2 Å². The van der Waals surface area contributed by atoms with Crippen molar-refractivity contribution in [3.05, 3.63) is 0 Å². The molecule has 134 valence electrons. The molecule has 1 heterocycles. The average molecular weight is 326 g/mol. The van der Waals surface area contributed by atoms with Crippen molar-refractivity contribution in [2.75, 3.05) is 26.7 Å². The molecule has 2 rings (SSSR count). The summed E-state index contributed by atoms with van der Waals surface area (Å²) in [6, 6.07) is 0.778. The molecule has 1 saturated heterocycles. The summed E-state index contributed by atoms with van der Waals surface area (Å²) >= 11 is 0. The van der Waals surface area contributed by atoms with Gasteiger partial charge < -0.3 is 9.84 Å². The first-order chi connectivity index (χ1) is 10.8. The molecular formula is C18H34N2O3. The molecule has 2 aliphatic rings. The second kappa shape index (κ2) is 7.95. The maximum atomic E-state index is 12.0. The fourth-order valence-electron chi connectivity index (χ4n) is 3.88. The van der Waals surface area contributed by atoms with Crippen LogP contribution in [0.2, 0.25) is 0 Å². The van der Waals surface area contributed by atoms with Gasteiger partial charge in [0.1, 0.15) is 5.60 Å². The van der Waals surface area contributed by atoms with Crippen molar-refractivity contribution in [1.82, 2.24) is 9.80 Å². The van der Waals surface area contributed by atoms with Gasteiger partial charge in [0.25, 0.3) is 0 Å². The SMILES string of the molecule is CN(CC(=O)OC(C)(C)C)C1CCN([C@@H]2CCCC[C@@H]2O)CC1. The Morgan fingerprint density at radius 3 is 2.35 bits per heavy atom. The van der Waals surface area contributed by atoms with E-state index in [-0.39, 0.29) is 12.1 Å². The molecule has 1 saturated carbocycles. The number of carbonyl (C=O) groups excluding carboxylic acids is 1. The third kappa shape index (κ3) is 5.73. The number of ether oxygens (including phenoxy) is 1. The highest BCUT2D eigenvalue weighted by Gasteiger charge is 2.32. The molecule has 5 heteroatoms. The van der Waals surface area contributed by atoms with Crippen LogP contribution in [0, 0.1) is 0 Å². The number of hydrogen-bond acceptors (Lipinski definition) is 5. The Labute approximate surface area is 141 Å². The van der Waals surface area contributed by atoms with Gasteiger partial charge in [-0.3, -0.25) is 14.6 Å². The van der Waals surface area contributed by atoms with Gasteiger partial charge in [-0.25, -0.2) is 0 Å². The van der Waals surface area contributed by atoms with E-state index in [1.807, 2.05) is 27.8 Å². The molecule has 2 atom stereocenters. The molecular weight excluding hydrogens is 292 g/mol. The van der Waals surface area contributed by atoms with Crippen molar-refractivity contribution in [3.8, 4) is 0 Å². The number of nitrogens with zero attached hydrogens (tertiary/aromatic N) is 2. The number of aliphatic hydroxyl groups excluding tert-OH is 1. The number of aliphatic hydroxyl groups is 1. The number of esters is 1. The van der Waals surface area contributed by atoms with Crippen LogP contribution in [0.25, 0.3) is 0 Å². The van der Waals surface area contributed by atoms with Crippen LogP contribution in [0.4, 0.5) is 0 Å². The Morgan fingerprint density at radius 2 is 1.78 bits per heavy atom. The van der Waals surface area contributed by atoms with E-state index in [9.17, 15) is 9.90 Å². The molecule has 5 nitrogen and oxygen atoms in total. The first-order valence-electron chi connectivity index (χ1n) is 9.10. The number of likely N-dealkylation sites (N-methyl/N-ethyl adjacent to an activating group) is 1. The van der Waals surface area contributed by atoms with Gasteiger partial charge in [0.05, 0.1) is 12.6 Å². The molecule has 0 amide bonds. The predicted molar refractivity (Wildman–Crippen MR) is 91.3 cm³/mol. The highest BCUT2D eigenvalue weighted by atomic mass is 16.6. The minimum absolute atomic E-state index is 0.148. The van der Waals surface area contributed by atoms with E-state index in [1.54, 1.807) is 0 Å². The van der Waals surface area contributed by atoms with Crippen LogP contribution in [0.3, 0.4) is 0 Å². The van der Waals surface area contributed by atoms with E-state index < -0.39 is 5.60 Å². The lowest BCUT2D eigenvalue weighted by Crippen LogP contribution is -2.52. The molecule has 0 spiro atoms. The summed E-state index contributed by atoms with van der Waals surface area (Å²) in [5.74, 6) is -0.148. The zero-order valence-electron chi connectivity index (χ0n) is 15.3. The number of piperidine rings is 1. The van der Waals surface area contributed by atoms with E-state index in [0.29, 0.717) is 18.6 Å². The molecule has 0 unspecified atom stereocenters. The minimum Gasteiger partial charge on any atom is -0.459 e. The maximum Gasteiger partial charge on any atom is 0.320 e. The van der Waals surface area contributed by atoms with Gasteiger partial charge in [0.15, 0.2) is 0 Å². The molecule has 0 bridgehead atoms. The first kappa shape index (κ1) is 18.7. The number of rotatable bonds is 4.